The summed E-state index contributed by atoms with van der Waals surface area (Å²) in [6.45, 7) is 3.28. The van der Waals surface area contributed by atoms with E-state index in [0.29, 0.717) is 0 Å². The molecule has 1 fully saturated rings. The Bertz CT molecular complexity index is 395. The maximum Gasteiger partial charge on any atom is 0.148 e. The van der Waals surface area contributed by atoms with E-state index in [1.165, 1.54) is 32.0 Å². The van der Waals surface area contributed by atoms with Crippen LogP contribution in [0.3, 0.4) is 0 Å². The smallest absolute Gasteiger partial charge is 0.148 e. The van der Waals surface area contributed by atoms with Gasteiger partial charge in [0.1, 0.15) is 5.82 Å². The highest BCUT2D eigenvalue weighted by Crippen LogP contribution is 2.19. The number of halogens is 1. The Hall–Kier alpha value is -1.29. The van der Waals surface area contributed by atoms with Gasteiger partial charge in [0.05, 0.1) is 5.69 Å². The van der Waals surface area contributed by atoms with Crippen molar-refractivity contribution in [2.45, 2.75) is 19.3 Å². The van der Waals surface area contributed by atoms with Gasteiger partial charge in [-0.05, 0) is 57.0 Å². The van der Waals surface area contributed by atoms with E-state index in [9.17, 15) is 4.39 Å². The molecule has 1 aliphatic heterocycles. The lowest BCUT2D eigenvalue weighted by atomic mass is 9.95. The zero-order valence-corrected chi connectivity index (χ0v) is 11.0. The molecule has 0 amide bonds. The average Bonchev–Trinajstić information content (AvgIpc) is 2.34. The molecule has 0 aromatic heterocycles. The van der Waals surface area contributed by atoms with E-state index in [0.717, 1.165) is 24.6 Å². The fraction of sp³-hybridized carbons (Fsp3) is 0.571. The van der Waals surface area contributed by atoms with Gasteiger partial charge < -0.3 is 16.0 Å². The van der Waals surface area contributed by atoms with Gasteiger partial charge in [-0.2, -0.15) is 0 Å². The summed E-state index contributed by atoms with van der Waals surface area (Å²) < 4.78 is 13.2. The van der Waals surface area contributed by atoms with Gasteiger partial charge in [-0.3, -0.25) is 0 Å². The maximum atomic E-state index is 13.2. The van der Waals surface area contributed by atoms with Gasteiger partial charge in [-0.1, -0.05) is 0 Å². The van der Waals surface area contributed by atoms with Crippen LogP contribution in [0.5, 0.6) is 0 Å². The highest BCUT2D eigenvalue weighted by molar-refractivity contribution is 5.52. The Morgan fingerprint density at radius 2 is 2.33 bits per heavy atom. The number of benzene rings is 1. The molecule has 1 aromatic carbocycles. The lowest BCUT2D eigenvalue weighted by Gasteiger charge is -2.29. The van der Waals surface area contributed by atoms with E-state index in [1.807, 2.05) is 6.07 Å². The molecule has 1 aliphatic rings. The zero-order chi connectivity index (χ0) is 13.0. The standard InChI is InChI=1S/C14H22FN3/c1-18-8-2-3-11(10-18)6-7-17-12-4-5-14(16)13(15)9-12/h4-5,9,11,17H,2-3,6-8,10,16H2,1H3. The number of anilines is 2. The summed E-state index contributed by atoms with van der Waals surface area (Å²) in [5.41, 5.74) is 6.46. The SMILES string of the molecule is CN1CCCC(CCNc2ccc(N)c(F)c2)C1. The van der Waals surface area contributed by atoms with Crippen molar-refractivity contribution in [1.82, 2.24) is 4.90 Å². The molecular formula is C14H22FN3. The number of nitrogen functional groups attached to an aromatic ring is 1. The highest BCUT2D eigenvalue weighted by Gasteiger charge is 2.16. The Labute approximate surface area is 108 Å². The predicted molar refractivity (Wildman–Crippen MR) is 74.1 cm³/mol. The molecule has 3 nitrogen and oxygen atoms in total. The molecule has 1 saturated heterocycles. The number of nitrogens with zero attached hydrogens (tertiary/aromatic N) is 1. The first-order chi connectivity index (χ1) is 8.65. The zero-order valence-electron chi connectivity index (χ0n) is 11.0. The number of likely N-dealkylation sites (tertiary alicyclic amines) is 1. The summed E-state index contributed by atoms with van der Waals surface area (Å²) in [7, 11) is 2.18. The minimum Gasteiger partial charge on any atom is -0.396 e. The van der Waals surface area contributed by atoms with Crippen LogP contribution in [0.2, 0.25) is 0 Å². The largest absolute Gasteiger partial charge is 0.396 e. The topological polar surface area (TPSA) is 41.3 Å². The number of hydrogen-bond acceptors (Lipinski definition) is 3. The van der Waals surface area contributed by atoms with Crippen LogP contribution < -0.4 is 11.1 Å². The minimum absolute atomic E-state index is 0.203. The van der Waals surface area contributed by atoms with Crippen LogP contribution in [0.1, 0.15) is 19.3 Å². The molecule has 3 N–H and O–H groups in total. The number of rotatable bonds is 4. The van der Waals surface area contributed by atoms with Crippen LogP contribution in [0, 0.1) is 11.7 Å². The summed E-state index contributed by atoms with van der Waals surface area (Å²) in [4.78, 5) is 2.39. The molecule has 1 heterocycles. The van der Waals surface area contributed by atoms with Gasteiger partial charge in [0.15, 0.2) is 0 Å². The van der Waals surface area contributed by atoms with Gasteiger partial charge in [0.25, 0.3) is 0 Å². The Balaban J connectivity index is 1.76. The third kappa shape index (κ3) is 3.60. The first-order valence-corrected chi connectivity index (χ1v) is 6.62. The molecular weight excluding hydrogens is 229 g/mol. The highest BCUT2D eigenvalue weighted by atomic mass is 19.1. The third-order valence-corrected chi connectivity index (χ3v) is 3.60. The van der Waals surface area contributed by atoms with E-state index >= 15 is 0 Å². The van der Waals surface area contributed by atoms with Gasteiger partial charge in [0.2, 0.25) is 0 Å². The Morgan fingerprint density at radius 3 is 3.06 bits per heavy atom. The van der Waals surface area contributed by atoms with Crippen LogP contribution in [0.25, 0.3) is 0 Å². The van der Waals surface area contributed by atoms with E-state index in [4.69, 9.17) is 5.73 Å². The molecule has 4 heteroatoms. The number of piperidine rings is 1. The molecule has 1 unspecified atom stereocenters. The first-order valence-electron chi connectivity index (χ1n) is 6.62. The lowest BCUT2D eigenvalue weighted by molar-refractivity contribution is 0.205. The molecule has 1 atom stereocenters. The van der Waals surface area contributed by atoms with Gasteiger partial charge in [0, 0.05) is 18.8 Å². The third-order valence-electron chi connectivity index (χ3n) is 3.60. The molecule has 0 spiro atoms. The quantitative estimate of drug-likeness (QED) is 0.808. The van der Waals surface area contributed by atoms with Gasteiger partial charge in [-0.15, -0.1) is 0 Å². The molecule has 1 aromatic rings. The van der Waals surface area contributed by atoms with Crippen molar-refractivity contribution in [2.75, 3.05) is 37.7 Å². The van der Waals surface area contributed by atoms with Crippen molar-refractivity contribution < 1.29 is 4.39 Å². The van der Waals surface area contributed by atoms with Gasteiger partial charge in [-0.25, -0.2) is 4.39 Å². The fourth-order valence-corrected chi connectivity index (χ4v) is 2.57. The molecule has 0 aliphatic carbocycles. The Morgan fingerprint density at radius 1 is 1.50 bits per heavy atom. The fourth-order valence-electron chi connectivity index (χ4n) is 2.57. The van der Waals surface area contributed by atoms with E-state index in [-0.39, 0.29) is 11.5 Å². The van der Waals surface area contributed by atoms with E-state index in [2.05, 4.69) is 17.3 Å². The summed E-state index contributed by atoms with van der Waals surface area (Å²) in [5, 5.41) is 3.26. The monoisotopic (exact) mass is 251 g/mol. The molecule has 100 valence electrons. The normalized spacial score (nSPS) is 20.9. The van der Waals surface area contributed by atoms with Gasteiger partial charge >= 0.3 is 0 Å². The summed E-state index contributed by atoms with van der Waals surface area (Å²) in [5.74, 6) is 0.410. The molecule has 0 radical (unpaired) electrons. The van der Waals surface area contributed by atoms with Crippen molar-refractivity contribution >= 4 is 11.4 Å². The maximum absolute atomic E-state index is 13.2. The number of nitrogens with two attached hydrogens (primary N) is 1. The Kier molecular flexibility index (Phi) is 4.42. The second-order valence-corrected chi connectivity index (χ2v) is 5.22. The number of nitrogens with one attached hydrogen (secondary N) is 1. The predicted octanol–water partition coefficient (Wildman–Crippen LogP) is 2.55. The minimum atomic E-state index is -0.350. The van der Waals surface area contributed by atoms with Crippen molar-refractivity contribution in [3.8, 4) is 0 Å². The first kappa shape index (κ1) is 13.1. The van der Waals surface area contributed by atoms with Crippen LogP contribution in [-0.4, -0.2) is 31.6 Å². The van der Waals surface area contributed by atoms with Crippen LogP contribution in [0.4, 0.5) is 15.8 Å². The molecule has 2 rings (SSSR count). The van der Waals surface area contributed by atoms with Crippen LogP contribution >= 0.6 is 0 Å². The lowest BCUT2D eigenvalue weighted by Crippen LogP contribution is -2.32. The van der Waals surface area contributed by atoms with Crippen LogP contribution in [-0.2, 0) is 0 Å². The van der Waals surface area contributed by atoms with E-state index < -0.39 is 0 Å². The number of hydrogen-bond donors (Lipinski definition) is 2. The average molecular weight is 251 g/mol. The summed E-state index contributed by atoms with van der Waals surface area (Å²) >= 11 is 0. The summed E-state index contributed by atoms with van der Waals surface area (Å²) in [6, 6.07) is 4.89. The molecule has 18 heavy (non-hydrogen) atoms. The second kappa shape index (κ2) is 6.05. The van der Waals surface area contributed by atoms with Crippen molar-refractivity contribution in [3.05, 3.63) is 24.0 Å². The van der Waals surface area contributed by atoms with Crippen molar-refractivity contribution in [3.63, 3.8) is 0 Å². The second-order valence-electron chi connectivity index (χ2n) is 5.22. The molecule has 0 bridgehead atoms. The summed E-state index contributed by atoms with van der Waals surface area (Å²) in [6.07, 6.45) is 3.73. The van der Waals surface area contributed by atoms with Crippen molar-refractivity contribution in [2.24, 2.45) is 5.92 Å². The molecule has 0 saturated carbocycles. The van der Waals surface area contributed by atoms with E-state index in [1.54, 1.807) is 6.07 Å². The van der Waals surface area contributed by atoms with Crippen molar-refractivity contribution in [1.29, 1.82) is 0 Å². The van der Waals surface area contributed by atoms with Crippen LogP contribution in [0.15, 0.2) is 18.2 Å².